The van der Waals surface area contributed by atoms with Gasteiger partial charge in [-0.2, -0.15) is 0 Å². The van der Waals surface area contributed by atoms with Crippen LogP contribution in [0, 0.1) is 0 Å². The Kier molecular flexibility index (Phi) is 6.57. The Morgan fingerprint density at radius 1 is 1.36 bits per heavy atom. The third kappa shape index (κ3) is 4.16. The van der Waals surface area contributed by atoms with Gasteiger partial charge in [-0.15, -0.1) is 11.6 Å². The third-order valence-electron chi connectivity index (χ3n) is 2.90. The first-order chi connectivity index (χ1) is 6.88. The van der Waals surface area contributed by atoms with Crippen molar-refractivity contribution in [2.75, 3.05) is 32.2 Å². The lowest BCUT2D eigenvalue weighted by molar-refractivity contribution is -0.00912. The predicted octanol–water partition coefficient (Wildman–Crippen LogP) is 2.51. The van der Waals surface area contributed by atoms with Crippen LogP contribution in [0.5, 0.6) is 0 Å². The second-order valence-electron chi connectivity index (χ2n) is 3.92. The lowest BCUT2D eigenvalue weighted by Crippen LogP contribution is -2.45. The summed E-state index contributed by atoms with van der Waals surface area (Å²) in [6.07, 6.45) is 4.90. The molecule has 0 aliphatic carbocycles. The molecule has 1 unspecified atom stereocenters. The minimum atomic E-state index is 0.653. The lowest BCUT2D eigenvalue weighted by atomic mass is 10.1. The summed E-state index contributed by atoms with van der Waals surface area (Å²) in [6, 6.07) is 0.653. The molecule has 0 spiro atoms. The summed E-state index contributed by atoms with van der Waals surface area (Å²) in [5, 5.41) is 0. The molecule has 1 rings (SSSR count). The van der Waals surface area contributed by atoms with Gasteiger partial charge in [0.2, 0.25) is 0 Å². The van der Waals surface area contributed by atoms with Crippen molar-refractivity contribution >= 4 is 11.6 Å². The Hall–Kier alpha value is 0.210. The fraction of sp³-hybridized carbons (Fsp3) is 1.00. The smallest absolute Gasteiger partial charge is 0.0622 e. The van der Waals surface area contributed by atoms with Crippen molar-refractivity contribution in [3.05, 3.63) is 0 Å². The van der Waals surface area contributed by atoms with Crippen LogP contribution in [-0.4, -0.2) is 43.1 Å². The first-order valence-electron chi connectivity index (χ1n) is 5.76. The summed E-state index contributed by atoms with van der Waals surface area (Å²) < 4.78 is 5.47. The highest BCUT2D eigenvalue weighted by atomic mass is 35.5. The number of alkyl halides is 1. The van der Waals surface area contributed by atoms with Gasteiger partial charge >= 0.3 is 0 Å². The molecule has 0 bridgehead atoms. The number of nitrogens with zero attached hydrogens (tertiary/aromatic N) is 1. The van der Waals surface area contributed by atoms with Crippen LogP contribution in [0.3, 0.4) is 0 Å². The van der Waals surface area contributed by atoms with E-state index in [1.54, 1.807) is 0 Å². The normalized spacial score (nSPS) is 24.0. The van der Waals surface area contributed by atoms with Gasteiger partial charge in [-0.05, 0) is 25.8 Å². The molecule has 1 saturated heterocycles. The minimum absolute atomic E-state index is 0.653. The Morgan fingerprint density at radius 2 is 2.21 bits per heavy atom. The molecular formula is C11H22ClNO. The molecule has 1 aliphatic heterocycles. The van der Waals surface area contributed by atoms with Gasteiger partial charge in [-0.3, -0.25) is 4.90 Å². The fourth-order valence-electron chi connectivity index (χ4n) is 1.95. The van der Waals surface area contributed by atoms with E-state index in [0.29, 0.717) is 6.04 Å². The van der Waals surface area contributed by atoms with Crippen molar-refractivity contribution in [3.63, 3.8) is 0 Å². The molecule has 2 nitrogen and oxygen atoms in total. The van der Waals surface area contributed by atoms with Gasteiger partial charge in [0.1, 0.15) is 0 Å². The number of hydrogen-bond donors (Lipinski definition) is 0. The Morgan fingerprint density at radius 3 is 2.93 bits per heavy atom. The van der Waals surface area contributed by atoms with Crippen LogP contribution < -0.4 is 0 Å². The molecular weight excluding hydrogens is 198 g/mol. The fourth-order valence-corrected chi connectivity index (χ4v) is 2.13. The Balaban J connectivity index is 2.13. The third-order valence-corrected chi connectivity index (χ3v) is 3.17. The van der Waals surface area contributed by atoms with Gasteiger partial charge in [0, 0.05) is 18.5 Å². The van der Waals surface area contributed by atoms with Crippen LogP contribution >= 0.6 is 11.6 Å². The second kappa shape index (κ2) is 7.49. The highest BCUT2D eigenvalue weighted by Crippen LogP contribution is 2.11. The van der Waals surface area contributed by atoms with E-state index in [4.69, 9.17) is 16.3 Å². The molecule has 0 N–H and O–H groups in total. The lowest BCUT2D eigenvalue weighted by Gasteiger charge is -2.35. The molecule has 1 heterocycles. The maximum Gasteiger partial charge on any atom is 0.0622 e. The van der Waals surface area contributed by atoms with Crippen LogP contribution in [0.1, 0.15) is 32.6 Å². The number of rotatable bonds is 6. The van der Waals surface area contributed by atoms with Crippen molar-refractivity contribution in [1.82, 2.24) is 4.90 Å². The summed E-state index contributed by atoms with van der Waals surface area (Å²) in [5.41, 5.74) is 0. The zero-order valence-corrected chi connectivity index (χ0v) is 9.93. The summed E-state index contributed by atoms with van der Waals surface area (Å²) in [6.45, 7) is 6.40. The van der Waals surface area contributed by atoms with Gasteiger partial charge < -0.3 is 4.74 Å². The van der Waals surface area contributed by atoms with Crippen molar-refractivity contribution in [3.8, 4) is 0 Å². The number of unbranched alkanes of at least 4 members (excludes halogenated alkanes) is 2. The van der Waals surface area contributed by atoms with E-state index >= 15 is 0 Å². The molecule has 84 valence electrons. The molecule has 0 aromatic heterocycles. The van der Waals surface area contributed by atoms with Gasteiger partial charge in [0.05, 0.1) is 13.2 Å². The Bertz CT molecular complexity index is 143. The molecule has 0 amide bonds. The number of ether oxygens (including phenoxy) is 1. The van der Waals surface area contributed by atoms with E-state index in [-0.39, 0.29) is 0 Å². The van der Waals surface area contributed by atoms with Gasteiger partial charge in [0.25, 0.3) is 0 Å². The molecule has 1 aliphatic rings. The number of morpholine rings is 1. The minimum Gasteiger partial charge on any atom is -0.378 e. The summed E-state index contributed by atoms with van der Waals surface area (Å²) in [4.78, 5) is 2.57. The highest BCUT2D eigenvalue weighted by Gasteiger charge is 2.20. The first kappa shape index (κ1) is 12.3. The van der Waals surface area contributed by atoms with Crippen molar-refractivity contribution in [1.29, 1.82) is 0 Å². The van der Waals surface area contributed by atoms with E-state index < -0.39 is 0 Å². The molecule has 1 fully saturated rings. The molecule has 1 atom stereocenters. The summed E-state index contributed by atoms with van der Waals surface area (Å²) in [5.74, 6) is 0.806. The van der Waals surface area contributed by atoms with E-state index in [1.807, 2.05) is 0 Å². The zero-order chi connectivity index (χ0) is 10.2. The van der Waals surface area contributed by atoms with E-state index in [1.165, 1.54) is 25.8 Å². The quantitative estimate of drug-likeness (QED) is 0.503. The maximum absolute atomic E-state index is 5.65. The largest absolute Gasteiger partial charge is 0.378 e. The SMILES string of the molecule is CCC1COCCN1CCCCCCl. The zero-order valence-electron chi connectivity index (χ0n) is 9.17. The number of halogens is 1. The average molecular weight is 220 g/mol. The Labute approximate surface area is 92.6 Å². The summed E-state index contributed by atoms with van der Waals surface area (Å²) in [7, 11) is 0. The highest BCUT2D eigenvalue weighted by molar-refractivity contribution is 6.17. The molecule has 14 heavy (non-hydrogen) atoms. The molecule has 3 heteroatoms. The van der Waals surface area contributed by atoms with Crippen molar-refractivity contribution < 1.29 is 4.74 Å². The van der Waals surface area contributed by atoms with Crippen LogP contribution in [0.15, 0.2) is 0 Å². The summed E-state index contributed by atoms with van der Waals surface area (Å²) >= 11 is 5.65. The van der Waals surface area contributed by atoms with Gasteiger partial charge in [0.15, 0.2) is 0 Å². The molecule has 0 aromatic carbocycles. The standard InChI is InChI=1S/C11H22ClNO/c1-2-11-10-14-9-8-13(11)7-5-3-4-6-12/h11H,2-10H2,1H3. The molecule has 0 radical (unpaired) electrons. The number of hydrogen-bond acceptors (Lipinski definition) is 2. The average Bonchev–Trinajstić information content (AvgIpc) is 2.25. The second-order valence-corrected chi connectivity index (χ2v) is 4.30. The van der Waals surface area contributed by atoms with Crippen molar-refractivity contribution in [2.24, 2.45) is 0 Å². The van der Waals surface area contributed by atoms with Crippen LogP contribution in [0.25, 0.3) is 0 Å². The van der Waals surface area contributed by atoms with E-state index in [9.17, 15) is 0 Å². The van der Waals surface area contributed by atoms with Crippen LogP contribution in [0.2, 0.25) is 0 Å². The van der Waals surface area contributed by atoms with E-state index in [0.717, 1.165) is 32.1 Å². The molecule has 0 saturated carbocycles. The maximum atomic E-state index is 5.65. The molecule has 0 aromatic rings. The van der Waals surface area contributed by atoms with Crippen LogP contribution in [-0.2, 0) is 4.74 Å². The topological polar surface area (TPSA) is 12.5 Å². The first-order valence-corrected chi connectivity index (χ1v) is 6.29. The van der Waals surface area contributed by atoms with Crippen molar-refractivity contribution in [2.45, 2.75) is 38.6 Å². The van der Waals surface area contributed by atoms with Gasteiger partial charge in [-0.1, -0.05) is 13.3 Å². The predicted molar refractivity (Wildman–Crippen MR) is 61.0 cm³/mol. The van der Waals surface area contributed by atoms with Crippen LogP contribution in [0.4, 0.5) is 0 Å². The van der Waals surface area contributed by atoms with Gasteiger partial charge in [-0.25, -0.2) is 0 Å². The monoisotopic (exact) mass is 219 g/mol. The van der Waals surface area contributed by atoms with E-state index in [2.05, 4.69) is 11.8 Å².